The van der Waals surface area contributed by atoms with Gasteiger partial charge in [-0.05, 0) is 107 Å². The number of methoxy groups -OCH3 is 1. The Morgan fingerprint density at radius 3 is 2.15 bits per heavy atom. The van der Waals surface area contributed by atoms with Gasteiger partial charge >= 0.3 is 5.97 Å². The first-order valence-corrected chi connectivity index (χ1v) is 14.1. The fourth-order valence-corrected chi connectivity index (χ4v) is 8.87. The number of rotatable bonds is 8. The van der Waals surface area contributed by atoms with Crippen molar-refractivity contribution in [2.45, 2.75) is 78.7 Å². The molecule has 2 N–H and O–H groups in total. The van der Waals surface area contributed by atoms with Crippen LogP contribution in [0.3, 0.4) is 0 Å². The number of thiocarbonyl (C=S) groups is 1. The molecule has 1 heterocycles. The topological polar surface area (TPSA) is 70.7 Å². The lowest BCUT2D eigenvalue weighted by Gasteiger charge is -2.59. The minimum Gasteiger partial charge on any atom is -0.465 e. The Morgan fingerprint density at radius 2 is 1.68 bits per heavy atom. The molecule has 0 aliphatic heterocycles. The Morgan fingerprint density at radius 1 is 1.12 bits per heavy atom. The summed E-state index contributed by atoms with van der Waals surface area (Å²) >= 11 is 7.06. The van der Waals surface area contributed by atoms with Gasteiger partial charge in [0, 0.05) is 19.1 Å². The number of hydrogen-bond acceptors (Lipinski definition) is 5. The molecule has 8 heteroatoms. The predicted octanol–water partition coefficient (Wildman–Crippen LogP) is 5.61. The zero-order valence-corrected chi connectivity index (χ0v) is 22.8. The maximum Gasteiger partial charge on any atom is 0.341 e. The molecule has 4 aliphatic rings. The van der Waals surface area contributed by atoms with E-state index in [4.69, 9.17) is 17.0 Å². The third-order valence-corrected chi connectivity index (χ3v) is 9.96. The Balaban J connectivity index is 1.54. The van der Waals surface area contributed by atoms with Crippen LogP contribution in [-0.2, 0) is 4.74 Å². The van der Waals surface area contributed by atoms with Gasteiger partial charge in [0.15, 0.2) is 5.11 Å². The van der Waals surface area contributed by atoms with Gasteiger partial charge in [-0.2, -0.15) is 0 Å². The summed E-state index contributed by atoms with van der Waals surface area (Å²) in [6, 6.07) is 0.320. The predicted molar refractivity (Wildman–Crippen MR) is 142 cm³/mol. The molecule has 34 heavy (non-hydrogen) atoms. The number of carbonyl (C=O) groups excluding carboxylic acids is 2. The van der Waals surface area contributed by atoms with Crippen molar-refractivity contribution in [1.82, 2.24) is 10.2 Å². The van der Waals surface area contributed by atoms with E-state index in [1.165, 1.54) is 57.0 Å². The van der Waals surface area contributed by atoms with Crippen molar-refractivity contribution in [3.63, 3.8) is 0 Å². The molecule has 1 unspecified atom stereocenters. The molecular formula is C26H39N3O3S2. The van der Waals surface area contributed by atoms with E-state index in [1.54, 1.807) is 4.90 Å². The quantitative estimate of drug-likeness (QED) is 0.354. The first-order valence-electron chi connectivity index (χ1n) is 12.8. The van der Waals surface area contributed by atoms with Crippen molar-refractivity contribution in [3.8, 4) is 0 Å². The first kappa shape index (κ1) is 25.4. The second kappa shape index (κ2) is 10.1. The summed E-state index contributed by atoms with van der Waals surface area (Å²) in [6.07, 6.45) is 9.19. The highest BCUT2D eigenvalue weighted by atomic mass is 32.1. The fourth-order valence-electron chi connectivity index (χ4n) is 7.40. The van der Waals surface area contributed by atoms with Gasteiger partial charge in [-0.3, -0.25) is 4.79 Å². The Bertz CT molecular complexity index is 918. The second-order valence-corrected chi connectivity index (χ2v) is 12.0. The zero-order valence-electron chi connectivity index (χ0n) is 21.2. The van der Waals surface area contributed by atoms with Crippen LogP contribution in [0.15, 0.2) is 0 Å². The molecule has 4 fully saturated rings. The molecule has 0 spiro atoms. The maximum atomic E-state index is 13.1. The molecule has 5 rings (SSSR count). The highest BCUT2D eigenvalue weighted by molar-refractivity contribution is 7.80. The molecule has 4 saturated carbocycles. The molecule has 0 aromatic carbocycles. The molecule has 1 aromatic rings. The molecule has 1 atom stereocenters. The summed E-state index contributed by atoms with van der Waals surface area (Å²) in [7, 11) is 1.37. The van der Waals surface area contributed by atoms with Crippen LogP contribution in [0.2, 0.25) is 0 Å². The van der Waals surface area contributed by atoms with E-state index in [0.717, 1.165) is 24.2 Å². The van der Waals surface area contributed by atoms with Gasteiger partial charge in [-0.25, -0.2) is 4.79 Å². The van der Waals surface area contributed by atoms with Crippen molar-refractivity contribution in [3.05, 3.63) is 16.0 Å². The number of amides is 1. The lowest BCUT2D eigenvalue weighted by Crippen LogP contribution is -2.57. The van der Waals surface area contributed by atoms with Gasteiger partial charge in [-0.15, -0.1) is 11.3 Å². The van der Waals surface area contributed by atoms with Crippen LogP contribution in [0.5, 0.6) is 0 Å². The molecule has 4 bridgehead atoms. The number of hydrogen-bond donors (Lipinski definition) is 2. The van der Waals surface area contributed by atoms with Crippen LogP contribution < -0.4 is 10.6 Å². The summed E-state index contributed by atoms with van der Waals surface area (Å²) in [6.45, 7) is 9.21. The number of esters is 1. The summed E-state index contributed by atoms with van der Waals surface area (Å²) in [4.78, 5) is 28.0. The summed E-state index contributed by atoms with van der Waals surface area (Å²) in [5.74, 6) is 2.12. The van der Waals surface area contributed by atoms with E-state index in [1.807, 2.05) is 20.8 Å². The van der Waals surface area contributed by atoms with Crippen LogP contribution in [0, 0.1) is 30.1 Å². The normalized spacial score (nSPS) is 27.9. The smallest absolute Gasteiger partial charge is 0.341 e. The minimum absolute atomic E-state index is 0.0652. The summed E-state index contributed by atoms with van der Waals surface area (Å²) in [5, 5.41) is 8.03. The van der Waals surface area contributed by atoms with Crippen molar-refractivity contribution >= 4 is 45.5 Å². The highest BCUT2D eigenvalue weighted by Gasteiger charge is 2.53. The van der Waals surface area contributed by atoms with E-state index >= 15 is 0 Å². The molecule has 1 aromatic heterocycles. The Labute approximate surface area is 213 Å². The molecule has 4 aliphatic carbocycles. The summed E-state index contributed by atoms with van der Waals surface area (Å²) < 4.78 is 5.05. The monoisotopic (exact) mass is 505 g/mol. The van der Waals surface area contributed by atoms with Gasteiger partial charge in [0.2, 0.25) is 0 Å². The number of nitrogens with one attached hydrogen (secondary N) is 2. The standard InChI is InChI=1S/C26H39N3O3S2/c1-6-19(26-12-16-9-17(13-26)11-18(10-16)14-26)27-25(33)28-22-20(24(31)32-5)15(4)21(34-22)23(30)29(7-2)8-3/h16-19H,6-14H2,1-5H3,(H2,27,28,33). The number of nitrogens with zero attached hydrogens (tertiary/aromatic N) is 1. The molecule has 0 saturated heterocycles. The average Bonchev–Trinajstić information content (AvgIpc) is 3.12. The minimum atomic E-state index is -0.453. The van der Waals surface area contributed by atoms with Crippen molar-refractivity contribution in [2.75, 3.05) is 25.5 Å². The van der Waals surface area contributed by atoms with Crippen LogP contribution in [0.4, 0.5) is 5.00 Å². The maximum absolute atomic E-state index is 13.1. The van der Waals surface area contributed by atoms with Gasteiger partial charge in [0.05, 0.1) is 17.6 Å². The van der Waals surface area contributed by atoms with Crippen molar-refractivity contribution in [1.29, 1.82) is 0 Å². The third kappa shape index (κ3) is 4.60. The van der Waals surface area contributed by atoms with Gasteiger partial charge in [-0.1, -0.05) is 6.92 Å². The van der Waals surface area contributed by atoms with Crippen LogP contribution in [0.25, 0.3) is 0 Å². The first-order chi connectivity index (χ1) is 16.2. The van der Waals surface area contributed by atoms with E-state index in [9.17, 15) is 9.59 Å². The zero-order chi connectivity index (χ0) is 24.6. The van der Waals surface area contributed by atoms with E-state index in [2.05, 4.69) is 17.6 Å². The van der Waals surface area contributed by atoms with Gasteiger partial charge in [0.1, 0.15) is 5.00 Å². The SMILES string of the molecule is CCC(NC(=S)Nc1sc(C(=O)N(CC)CC)c(C)c1C(=O)OC)C12CC3CC(CC(C3)C1)C2. The molecular weight excluding hydrogens is 466 g/mol. The number of thiophene rings is 1. The Hall–Kier alpha value is -1.67. The molecule has 188 valence electrons. The largest absolute Gasteiger partial charge is 0.465 e. The molecule has 6 nitrogen and oxygen atoms in total. The number of carbonyl (C=O) groups is 2. The fraction of sp³-hybridized carbons (Fsp3) is 0.731. The molecule has 0 radical (unpaired) electrons. The van der Waals surface area contributed by atoms with Crippen LogP contribution in [0.1, 0.15) is 91.3 Å². The van der Waals surface area contributed by atoms with Crippen molar-refractivity contribution < 1.29 is 14.3 Å². The van der Waals surface area contributed by atoms with Crippen LogP contribution in [-0.4, -0.2) is 48.1 Å². The van der Waals surface area contributed by atoms with E-state index < -0.39 is 5.97 Å². The van der Waals surface area contributed by atoms with Crippen molar-refractivity contribution in [2.24, 2.45) is 23.2 Å². The number of ether oxygens (including phenoxy) is 1. The lowest BCUT2D eigenvalue weighted by molar-refractivity contribution is -0.0710. The van der Waals surface area contributed by atoms with Gasteiger partial charge in [0.25, 0.3) is 5.91 Å². The van der Waals surface area contributed by atoms with Crippen LogP contribution >= 0.6 is 23.6 Å². The number of anilines is 1. The average molecular weight is 506 g/mol. The van der Waals surface area contributed by atoms with E-state index in [-0.39, 0.29) is 5.91 Å². The highest BCUT2D eigenvalue weighted by Crippen LogP contribution is 2.61. The van der Waals surface area contributed by atoms with E-state index in [0.29, 0.717) is 50.7 Å². The lowest BCUT2D eigenvalue weighted by atomic mass is 9.47. The Kier molecular flexibility index (Phi) is 7.58. The third-order valence-electron chi connectivity index (χ3n) is 8.55. The second-order valence-electron chi connectivity index (χ2n) is 10.6. The van der Waals surface area contributed by atoms with Gasteiger partial charge < -0.3 is 20.3 Å². The molecule has 1 amide bonds. The summed E-state index contributed by atoms with van der Waals surface area (Å²) in [5.41, 5.74) is 1.37.